The average Bonchev–Trinajstić information content (AvgIpc) is 3.43. The molecule has 0 aliphatic carbocycles. The van der Waals surface area contributed by atoms with Crippen LogP contribution in [0.2, 0.25) is 0 Å². The van der Waals surface area contributed by atoms with Gasteiger partial charge in [0, 0.05) is 32.2 Å². The van der Waals surface area contributed by atoms with Crippen molar-refractivity contribution < 1.29 is 14.0 Å². The molecule has 168 valence electrons. The highest BCUT2D eigenvalue weighted by Crippen LogP contribution is 2.26. The maximum atomic E-state index is 13.8. The van der Waals surface area contributed by atoms with Gasteiger partial charge in [-0.3, -0.25) is 14.5 Å². The predicted octanol–water partition coefficient (Wildman–Crippen LogP) is 2.42. The molecule has 1 aromatic carbocycles. The summed E-state index contributed by atoms with van der Waals surface area (Å²) >= 11 is 1.47. The molecule has 3 aromatic rings. The van der Waals surface area contributed by atoms with Gasteiger partial charge < -0.3 is 10.2 Å². The van der Waals surface area contributed by atoms with Gasteiger partial charge in [0.1, 0.15) is 5.82 Å². The van der Waals surface area contributed by atoms with Crippen LogP contribution in [-0.4, -0.2) is 75.1 Å². The molecule has 0 spiro atoms. The van der Waals surface area contributed by atoms with E-state index in [0.717, 1.165) is 4.88 Å². The molecule has 0 atom stereocenters. The molecular weight excluding hydrogens is 431 g/mol. The fourth-order valence-electron chi connectivity index (χ4n) is 3.58. The second kappa shape index (κ2) is 9.58. The number of nitrogens with zero attached hydrogens (tertiary/aromatic N) is 5. The molecule has 2 amide bonds. The lowest BCUT2D eigenvalue weighted by molar-refractivity contribution is -0.123. The van der Waals surface area contributed by atoms with Crippen molar-refractivity contribution in [2.75, 3.05) is 32.7 Å². The minimum atomic E-state index is -0.388. The van der Waals surface area contributed by atoms with E-state index < -0.39 is 0 Å². The van der Waals surface area contributed by atoms with E-state index in [1.165, 1.54) is 28.2 Å². The van der Waals surface area contributed by atoms with Crippen LogP contribution in [0.3, 0.4) is 0 Å². The monoisotopic (exact) mass is 456 g/mol. The highest BCUT2D eigenvalue weighted by molar-refractivity contribution is 7.13. The molecule has 1 N–H and O–H groups in total. The molecule has 1 aliphatic rings. The molecular formula is C22H25FN6O2S. The number of amides is 2. The van der Waals surface area contributed by atoms with E-state index in [0.29, 0.717) is 44.2 Å². The van der Waals surface area contributed by atoms with Crippen molar-refractivity contribution in [2.24, 2.45) is 0 Å². The van der Waals surface area contributed by atoms with Gasteiger partial charge >= 0.3 is 0 Å². The third kappa shape index (κ3) is 5.03. The highest BCUT2D eigenvalue weighted by atomic mass is 32.1. The highest BCUT2D eigenvalue weighted by Gasteiger charge is 2.27. The van der Waals surface area contributed by atoms with E-state index >= 15 is 0 Å². The van der Waals surface area contributed by atoms with Crippen molar-refractivity contribution in [1.29, 1.82) is 0 Å². The zero-order valence-electron chi connectivity index (χ0n) is 18.0. The van der Waals surface area contributed by atoms with Gasteiger partial charge in [-0.05, 0) is 43.5 Å². The first kappa shape index (κ1) is 22.1. The summed E-state index contributed by atoms with van der Waals surface area (Å²) in [6, 6.07) is 9.92. The lowest BCUT2D eigenvalue weighted by Gasteiger charge is -2.33. The molecule has 0 radical (unpaired) electrons. The van der Waals surface area contributed by atoms with Crippen molar-refractivity contribution in [1.82, 2.24) is 29.9 Å². The molecule has 1 saturated heterocycles. The number of piperazine rings is 1. The molecule has 1 aliphatic heterocycles. The first-order chi connectivity index (χ1) is 15.4. The Balaban J connectivity index is 1.50. The van der Waals surface area contributed by atoms with Crippen molar-refractivity contribution in [2.45, 2.75) is 19.9 Å². The number of nitrogens with one attached hydrogen (secondary N) is 1. The normalized spacial score (nSPS) is 14.7. The lowest BCUT2D eigenvalue weighted by atomic mass is 10.3. The number of rotatable bonds is 6. The molecule has 0 bridgehead atoms. The van der Waals surface area contributed by atoms with Crippen LogP contribution >= 0.6 is 11.3 Å². The summed E-state index contributed by atoms with van der Waals surface area (Å²) in [6.07, 6.45) is 0. The van der Waals surface area contributed by atoms with Crippen LogP contribution in [0.15, 0.2) is 41.8 Å². The van der Waals surface area contributed by atoms with E-state index in [1.54, 1.807) is 17.0 Å². The molecule has 32 heavy (non-hydrogen) atoms. The number of hydrogen-bond donors (Lipinski definition) is 1. The van der Waals surface area contributed by atoms with E-state index in [-0.39, 0.29) is 29.5 Å². The standard InChI is InChI=1S/C22H25FN6O2S/c1-15(2)24-19(30)14-27-8-10-28(11-9-27)22(31)20-25-21(18-7-4-12-32-18)29(26-20)17-6-3-5-16(23)13-17/h3-7,12-13,15H,8-11,14H2,1-2H3,(H,24,30). The lowest BCUT2D eigenvalue weighted by Crippen LogP contribution is -2.51. The van der Waals surface area contributed by atoms with Crippen LogP contribution in [0.1, 0.15) is 24.5 Å². The maximum absolute atomic E-state index is 13.8. The molecule has 10 heteroatoms. The van der Waals surface area contributed by atoms with Crippen molar-refractivity contribution in [3.63, 3.8) is 0 Å². The van der Waals surface area contributed by atoms with Gasteiger partial charge in [0.05, 0.1) is 17.1 Å². The minimum Gasteiger partial charge on any atom is -0.353 e. The van der Waals surface area contributed by atoms with Crippen LogP contribution < -0.4 is 5.32 Å². The van der Waals surface area contributed by atoms with Gasteiger partial charge in [0.25, 0.3) is 5.91 Å². The third-order valence-corrected chi connectivity index (χ3v) is 5.93. The topological polar surface area (TPSA) is 83.4 Å². The Morgan fingerprint density at radius 1 is 1.16 bits per heavy atom. The quantitative estimate of drug-likeness (QED) is 0.616. The molecule has 0 unspecified atom stereocenters. The second-order valence-corrected chi connectivity index (χ2v) is 8.87. The SMILES string of the molecule is CC(C)NC(=O)CN1CCN(C(=O)c2nc(-c3cccs3)n(-c3cccc(F)c3)n2)CC1. The third-order valence-electron chi connectivity index (χ3n) is 5.07. The van der Waals surface area contributed by atoms with Gasteiger partial charge in [0.2, 0.25) is 11.7 Å². The zero-order valence-corrected chi connectivity index (χ0v) is 18.8. The minimum absolute atomic E-state index is 0.0177. The number of carbonyl (C=O) groups excluding carboxylic acids is 2. The summed E-state index contributed by atoms with van der Waals surface area (Å²) in [5.41, 5.74) is 0.501. The number of carbonyl (C=O) groups is 2. The Labute approximate surface area is 189 Å². The van der Waals surface area contributed by atoms with E-state index in [1.807, 2.05) is 36.3 Å². The molecule has 3 heterocycles. The van der Waals surface area contributed by atoms with E-state index in [2.05, 4.69) is 15.4 Å². The fourth-order valence-corrected chi connectivity index (χ4v) is 4.28. The van der Waals surface area contributed by atoms with Gasteiger partial charge in [-0.2, -0.15) is 0 Å². The summed E-state index contributed by atoms with van der Waals surface area (Å²) in [5.74, 6) is -0.109. The molecule has 4 rings (SSSR count). The fraction of sp³-hybridized carbons (Fsp3) is 0.364. The Hall–Kier alpha value is -3.11. The van der Waals surface area contributed by atoms with Gasteiger partial charge in [-0.15, -0.1) is 16.4 Å². The molecule has 2 aromatic heterocycles. The van der Waals surface area contributed by atoms with E-state index in [4.69, 9.17) is 0 Å². The van der Waals surface area contributed by atoms with Crippen molar-refractivity contribution in [3.8, 4) is 16.4 Å². The Morgan fingerprint density at radius 3 is 2.59 bits per heavy atom. The number of hydrogen-bond acceptors (Lipinski definition) is 6. The zero-order chi connectivity index (χ0) is 22.7. The van der Waals surface area contributed by atoms with Crippen molar-refractivity contribution in [3.05, 3.63) is 53.4 Å². The molecule has 1 fully saturated rings. The summed E-state index contributed by atoms with van der Waals surface area (Å²) in [6.45, 7) is 6.32. The first-order valence-corrected chi connectivity index (χ1v) is 11.4. The average molecular weight is 457 g/mol. The summed E-state index contributed by atoms with van der Waals surface area (Å²) in [5, 5.41) is 9.22. The summed E-state index contributed by atoms with van der Waals surface area (Å²) in [4.78, 5) is 34.2. The van der Waals surface area contributed by atoms with Crippen LogP contribution in [-0.2, 0) is 4.79 Å². The summed E-state index contributed by atoms with van der Waals surface area (Å²) < 4.78 is 15.3. The molecule has 0 saturated carbocycles. The van der Waals surface area contributed by atoms with Crippen LogP contribution in [0.5, 0.6) is 0 Å². The smallest absolute Gasteiger partial charge is 0.293 e. The van der Waals surface area contributed by atoms with Crippen LogP contribution in [0.4, 0.5) is 4.39 Å². The second-order valence-electron chi connectivity index (χ2n) is 7.92. The van der Waals surface area contributed by atoms with Gasteiger partial charge in [0.15, 0.2) is 5.82 Å². The van der Waals surface area contributed by atoms with Crippen LogP contribution in [0, 0.1) is 5.82 Å². The van der Waals surface area contributed by atoms with Crippen molar-refractivity contribution >= 4 is 23.2 Å². The number of aromatic nitrogens is 3. The number of halogens is 1. The maximum Gasteiger partial charge on any atom is 0.293 e. The number of thiophene rings is 1. The Morgan fingerprint density at radius 2 is 1.94 bits per heavy atom. The largest absolute Gasteiger partial charge is 0.353 e. The Bertz CT molecular complexity index is 1090. The Kier molecular flexibility index (Phi) is 6.61. The number of benzene rings is 1. The summed E-state index contributed by atoms with van der Waals surface area (Å²) in [7, 11) is 0. The molecule has 8 nitrogen and oxygen atoms in total. The van der Waals surface area contributed by atoms with E-state index in [9.17, 15) is 14.0 Å². The van der Waals surface area contributed by atoms with Gasteiger partial charge in [-0.25, -0.2) is 14.1 Å². The van der Waals surface area contributed by atoms with Crippen LogP contribution in [0.25, 0.3) is 16.4 Å². The van der Waals surface area contributed by atoms with Gasteiger partial charge in [-0.1, -0.05) is 12.1 Å². The predicted molar refractivity (Wildman–Crippen MR) is 120 cm³/mol. The first-order valence-electron chi connectivity index (χ1n) is 10.5.